The fourth-order valence-electron chi connectivity index (χ4n) is 3.91. The van der Waals surface area contributed by atoms with Gasteiger partial charge in [0, 0.05) is 17.2 Å². The van der Waals surface area contributed by atoms with E-state index in [9.17, 15) is 9.90 Å². The van der Waals surface area contributed by atoms with Gasteiger partial charge >= 0.3 is 0 Å². The van der Waals surface area contributed by atoms with E-state index in [4.69, 9.17) is 14.0 Å². The van der Waals surface area contributed by atoms with Crippen LogP contribution < -0.4 is 9.47 Å². The van der Waals surface area contributed by atoms with Gasteiger partial charge in [0.05, 0.1) is 0 Å². The van der Waals surface area contributed by atoms with Gasteiger partial charge < -0.3 is 19.1 Å². The minimum absolute atomic E-state index is 0.276. The van der Waals surface area contributed by atoms with Gasteiger partial charge in [0.15, 0.2) is 18.0 Å². The first-order chi connectivity index (χ1) is 18.2. The van der Waals surface area contributed by atoms with Crippen molar-refractivity contribution in [2.45, 2.75) is 18.8 Å². The summed E-state index contributed by atoms with van der Waals surface area (Å²) in [6, 6.07) is 35.3. The fraction of sp³-hybridized carbons (Fsp3) is 0.0968. The molecular formula is C31H25NO5. The van der Waals surface area contributed by atoms with E-state index in [1.807, 2.05) is 84.9 Å². The van der Waals surface area contributed by atoms with Gasteiger partial charge in [-0.2, -0.15) is 0 Å². The number of carbonyl (C=O) groups excluding carboxylic acids is 1. The van der Waals surface area contributed by atoms with E-state index in [1.54, 1.807) is 30.3 Å². The highest BCUT2D eigenvalue weighted by atomic mass is 16.5. The first kappa shape index (κ1) is 24.0. The van der Waals surface area contributed by atoms with Crippen LogP contribution in [0.2, 0.25) is 0 Å². The van der Waals surface area contributed by atoms with E-state index in [-0.39, 0.29) is 5.76 Å². The Labute approximate surface area is 214 Å². The van der Waals surface area contributed by atoms with Crippen molar-refractivity contribution < 1.29 is 23.9 Å². The van der Waals surface area contributed by atoms with E-state index in [2.05, 4.69) is 5.16 Å². The molecule has 0 saturated heterocycles. The fourth-order valence-corrected chi connectivity index (χ4v) is 3.91. The van der Waals surface area contributed by atoms with E-state index in [0.717, 1.165) is 28.7 Å². The van der Waals surface area contributed by atoms with Crippen LogP contribution in [0, 0.1) is 0 Å². The number of aromatic nitrogens is 1. The van der Waals surface area contributed by atoms with E-state index in [1.165, 1.54) is 0 Å². The largest absolute Gasteiger partial charge is 0.489 e. The van der Waals surface area contributed by atoms with Gasteiger partial charge in [-0.3, -0.25) is 4.79 Å². The lowest BCUT2D eigenvalue weighted by Gasteiger charge is -2.23. The van der Waals surface area contributed by atoms with Gasteiger partial charge in [-0.25, -0.2) is 0 Å². The number of ether oxygens (including phenoxy) is 2. The predicted octanol–water partition coefficient (Wildman–Crippen LogP) is 6.59. The van der Waals surface area contributed by atoms with Crippen molar-refractivity contribution >= 4 is 6.29 Å². The molecule has 184 valence electrons. The number of benzene rings is 4. The Morgan fingerprint density at radius 1 is 0.811 bits per heavy atom. The molecule has 6 heteroatoms. The molecular weight excluding hydrogens is 466 g/mol. The standard InChI is InChI=1S/C31H25NO5/c33-20-22-11-15-27(16-12-22)36-31(25-9-5-2-6-10-25)30(34)29-19-28(32-37-29)24-13-17-26(18-14-24)35-21-23-7-3-1-4-8-23/h1-20,30-31,34H,21H2. The van der Waals surface area contributed by atoms with E-state index >= 15 is 0 Å². The Kier molecular flexibility index (Phi) is 7.39. The molecule has 1 heterocycles. The number of hydrogen-bond acceptors (Lipinski definition) is 6. The van der Waals surface area contributed by atoms with Crippen molar-refractivity contribution in [3.8, 4) is 22.8 Å². The van der Waals surface area contributed by atoms with Crippen LogP contribution in [-0.2, 0) is 6.61 Å². The van der Waals surface area contributed by atoms with Crippen molar-refractivity contribution in [3.63, 3.8) is 0 Å². The van der Waals surface area contributed by atoms with Crippen LogP contribution in [0.4, 0.5) is 0 Å². The van der Waals surface area contributed by atoms with Gasteiger partial charge in [-0.15, -0.1) is 0 Å². The van der Waals surface area contributed by atoms with Crippen molar-refractivity contribution in [2.24, 2.45) is 0 Å². The zero-order chi connectivity index (χ0) is 25.5. The smallest absolute Gasteiger partial charge is 0.170 e. The molecule has 0 radical (unpaired) electrons. The Balaban J connectivity index is 1.32. The molecule has 2 atom stereocenters. The predicted molar refractivity (Wildman–Crippen MR) is 139 cm³/mol. The Hall–Kier alpha value is -4.68. The van der Waals surface area contributed by atoms with Gasteiger partial charge in [0.1, 0.15) is 30.1 Å². The minimum Gasteiger partial charge on any atom is -0.489 e. The topological polar surface area (TPSA) is 81.8 Å². The quantitative estimate of drug-likeness (QED) is 0.222. The molecule has 0 saturated carbocycles. The maximum absolute atomic E-state index is 11.2. The maximum Gasteiger partial charge on any atom is 0.170 e. The molecule has 0 fully saturated rings. The summed E-state index contributed by atoms with van der Waals surface area (Å²) in [6.45, 7) is 0.485. The van der Waals surface area contributed by atoms with Crippen LogP contribution in [-0.4, -0.2) is 16.5 Å². The average Bonchev–Trinajstić information content (AvgIpc) is 3.47. The van der Waals surface area contributed by atoms with Crippen LogP contribution in [0.15, 0.2) is 120 Å². The van der Waals surface area contributed by atoms with E-state index in [0.29, 0.717) is 23.6 Å². The second-order valence-corrected chi connectivity index (χ2v) is 8.49. The highest BCUT2D eigenvalue weighted by Gasteiger charge is 2.28. The Bertz CT molecular complexity index is 1410. The molecule has 0 aliphatic carbocycles. The monoisotopic (exact) mass is 491 g/mol. The van der Waals surface area contributed by atoms with Gasteiger partial charge in [-0.05, 0) is 59.7 Å². The molecule has 5 rings (SSSR count). The third-order valence-corrected chi connectivity index (χ3v) is 5.91. The minimum atomic E-state index is -1.12. The number of hydrogen-bond donors (Lipinski definition) is 1. The molecule has 0 spiro atoms. The number of aliphatic hydroxyl groups is 1. The number of carbonyl (C=O) groups is 1. The van der Waals surface area contributed by atoms with Crippen molar-refractivity contribution in [2.75, 3.05) is 0 Å². The summed E-state index contributed by atoms with van der Waals surface area (Å²) in [5.41, 5.74) is 3.83. The van der Waals surface area contributed by atoms with Crippen LogP contribution in [0.3, 0.4) is 0 Å². The van der Waals surface area contributed by atoms with Crippen LogP contribution in [0.25, 0.3) is 11.3 Å². The number of rotatable bonds is 10. The third-order valence-electron chi connectivity index (χ3n) is 5.91. The van der Waals surface area contributed by atoms with E-state index < -0.39 is 12.2 Å². The van der Waals surface area contributed by atoms with Crippen LogP contribution in [0.5, 0.6) is 11.5 Å². The van der Waals surface area contributed by atoms with Gasteiger partial charge in [0.25, 0.3) is 0 Å². The van der Waals surface area contributed by atoms with Crippen LogP contribution >= 0.6 is 0 Å². The summed E-state index contributed by atoms with van der Waals surface area (Å²) in [5.74, 6) is 1.54. The SMILES string of the molecule is O=Cc1ccc(OC(c2ccccc2)C(O)c2cc(-c3ccc(OCc4ccccc4)cc3)no2)cc1. The molecule has 0 bridgehead atoms. The van der Waals surface area contributed by atoms with Crippen LogP contribution in [0.1, 0.15) is 39.5 Å². The van der Waals surface area contributed by atoms with Crippen molar-refractivity contribution in [1.29, 1.82) is 0 Å². The molecule has 0 aliphatic rings. The van der Waals surface area contributed by atoms with Gasteiger partial charge in [0.2, 0.25) is 0 Å². The molecule has 1 N–H and O–H groups in total. The molecule has 6 nitrogen and oxygen atoms in total. The summed E-state index contributed by atoms with van der Waals surface area (Å²) in [5, 5.41) is 15.4. The summed E-state index contributed by atoms with van der Waals surface area (Å²) in [4.78, 5) is 11.0. The molecule has 0 amide bonds. The number of aliphatic hydroxyl groups excluding tert-OH is 1. The summed E-state index contributed by atoms with van der Waals surface area (Å²) < 4.78 is 17.5. The summed E-state index contributed by atoms with van der Waals surface area (Å²) in [7, 11) is 0. The number of aldehydes is 1. The molecule has 0 aliphatic heterocycles. The zero-order valence-corrected chi connectivity index (χ0v) is 19.9. The Morgan fingerprint density at radius 3 is 2.14 bits per heavy atom. The maximum atomic E-state index is 11.2. The third kappa shape index (κ3) is 5.94. The second-order valence-electron chi connectivity index (χ2n) is 8.49. The molecule has 5 aromatic rings. The van der Waals surface area contributed by atoms with Crippen molar-refractivity contribution in [1.82, 2.24) is 5.16 Å². The average molecular weight is 492 g/mol. The first-order valence-corrected chi connectivity index (χ1v) is 11.9. The zero-order valence-electron chi connectivity index (χ0n) is 19.9. The lowest BCUT2D eigenvalue weighted by molar-refractivity contribution is 0.0165. The molecule has 37 heavy (non-hydrogen) atoms. The second kappa shape index (κ2) is 11.4. The normalized spacial score (nSPS) is 12.5. The molecule has 4 aromatic carbocycles. The number of nitrogens with zero attached hydrogens (tertiary/aromatic N) is 1. The highest BCUT2D eigenvalue weighted by molar-refractivity contribution is 5.74. The van der Waals surface area contributed by atoms with Crippen molar-refractivity contribution in [3.05, 3.63) is 138 Å². The lowest BCUT2D eigenvalue weighted by atomic mass is 10.0. The molecule has 1 aromatic heterocycles. The highest BCUT2D eigenvalue weighted by Crippen LogP contribution is 2.35. The summed E-state index contributed by atoms with van der Waals surface area (Å²) in [6.07, 6.45) is -1.11. The summed E-state index contributed by atoms with van der Waals surface area (Å²) >= 11 is 0. The van der Waals surface area contributed by atoms with Gasteiger partial charge in [-0.1, -0.05) is 65.8 Å². The Morgan fingerprint density at radius 2 is 1.46 bits per heavy atom. The molecule has 2 unspecified atom stereocenters. The lowest BCUT2D eigenvalue weighted by Crippen LogP contribution is -2.17. The first-order valence-electron chi connectivity index (χ1n) is 11.9.